The molecule has 0 aliphatic rings. The molecule has 0 spiro atoms. The van der Waals surface area contributed by atoms with Crippen molar-refractivity contribution in [2.75, 3.05) is 0 Å². The van der Waals surface area contributed by atoms with Crippen LogP contribution in [0.1, 0.15) is 22.0 Å². The monoisotopic (exact) mass is 281 g/mol. The summed E-state index contributed by atoms with van der Waals surface area (Å²) in [6.45, 7) is 1.85. The van der Waals surface area contributed by atoms with Crippen molar-refractivity contribution in [2.45, 2.75) is 17.6 Å². The summed E-state index contributed by atoms with van der Waals surface area (Å²) in [5.74, 6) is 0.132. The van der Waals surface area contributed by atoms with E-state index in [9.17, 15) is 9.18 Å². The smallest absolute Gasteiger partial charge is 0.338 e. The fourth-order valence-corrected chi connectivity index (χ4v) is 2.40. The largest absolute Gasteiger partial charge is 0.478 e. The average molecular weight is 281 g/mol. The van der Waals surface area contributed by atoms with E-state index in [0.717, 1.165) is 17.7 Å². The average Bonchev–Trinajstić information content (AvgIpc) is 2.69. The number of carboxylic acids is 1. The van der Waals surface area contributed by atoms with E-state index in [0.29, 0.717) is 10.6 Å². The van der Waals surface area contributed by atoms with E-state index in [1.54, 1.807) is 6.07 Å². The van der Waals surface area contributed by atoms with Crippen molar-refractivity contribution in [2.24, 2.45) is 7.05 Å². The molecule has 0 saturated heterocycles. The van der Waals surface area contributed by atoms with Crippen LogP contribution in [0.3, 0.4) is 0 Å². The van der Waals surface area contributed by atoms with Crippen molar-refractivity contribution in [3.8, 4) is 0 Å². The molecule has 0 unspecified atom stereocenters. The molecule has 2 rings (SSSR count). The molecule has 0 saturated carbocycles. The van der Waals surface area contributed by atoms with Gasteiger partial charge in [0.1, 0.15) is 17.5 Å². The second kappa shape index (κ2) is 5.40. The minimum Gasteiger partial charge on any atom is -0.478 e. The standard InChI is InChI=1S/C12H12FN3O2S/c1-7-14-15-11(16(7)2)6-19-8-3-4-10(13)9(5-8)12(17)18/h3-5H,6H2,1-2H3,(H,17,18). The van der Waals surface area contributed by atoms with Gasteiger partial charge in [0.05, 0.1) is 11.3 Å². The number of thioether (sulfide) groups is 1. The highest BCUT2D eigenvalue weighted by atomic mass is 32.2. The molecular weight excluding hydrogens is 269 g/mol. The van der Waals surface area contributed by atoms with Gasteiger partial charge in [-0.25, -0.2) is 9.18 Å². The number of hydrogen-bond donors (Lipinski definition) is 1. The lowest BCUT2D eigenvalue weighted by molar-refractivity contribution is 0.0691. The van der Waals surface area contributed by atoms with E-state index in [4.69, 9.17) is 5.11 Å². The van der Waals surface area contributed by atoms with Crippen molar-refractivity contribution in [3.63, 3.8) is 0 Å². The molecule has 0 amide bonds. The molecule has 1 N–H and O–H groups in total. The summed E-state index contributed by atoms with van der Waals surface area (Å²) in [5.41, 5.74) is -0.320. The number of rotatable bonds is 4. The fourth-order valence-electron chi connectivity index (χ4n) is 1.48. The number of halogens is 1. The Kier molecular flexibility index (Phi) is 3.84. The summed E-state index contributed by atoms with van der Waals surface area (Å²) >= 11 is 1.39. The molecule has 0 radical (unpaired) electrons. The van der Waals surface area contributed by atoms with Crippen molar-refractivity contribution in [3.05, 3.63) is 41.2 Å². The van der Waals surface area contributed by atoms with Crippen molar-refractivity contribution < 1.29 is 14.3 Å². The van der Waals surface area contributed by atoms with Crippen LogP contribution in [0.15, 0.2) is 23.1 Å². The van der Waals surface area contributed by atoms with Gasteiger partial charge in [-0.05, 0) is 25.1 Å². The van der Waals surface area contributed by atoms with E-state index in [-0.39, 0.29) is 5.56 Å². The third-order valence-electron chi connectivity index (χ3n) is 2.72. The zero-order valence-electron chi connectivity index (χ0n) is 10.4. The Hall–Kier alpha value is -1.89. The Morgan fingerprint density at radius 2 is 2.21 bits per heavy atom. The highest BCUT2D eigenvalue weighted by Crippen LogP contribution is 2.24. The molecule has 0 aliphatic heterocycles. The number of aromatic carboxylic acids is 1. The maximum absolute atomic E-state index is 13.2. The number of hydrogen-bond acceptors (Lipinski definition) is 4. The van der Waals surface area contributed by atoms with Gasteiger partial charge < -0.3 is 9.67 Å². The minimum atomic E-state index is -1.27. The summed E-state index contributed by atoms with van der Waals surface area (Å²) in [4.78, 5) is 11.5. The SMILES string of the molecule is Cc1nnc(CSc2ccc(F)c(C(=O)O)c2)n1C. The first-order chi connectivity index (χ1) is 8.99. The zero-order valence-corrected chi connectivity index (χ0v) is 11.2. The molecule has 5 nitrogen and oxygen atoms in total. The Morgan fingerprint density at radius 3 is 2.79 bits per heavy atom. The molecule has 0 atom stereocenters. The van der Waals surface area contributed by atoms with E-state index in [2.05, 4.69) is 10.2 Å². The highest BCUT2D eigenvalue weighted by Gasteiger charge is 2.12. The lowest BCUT2D eigenvalue weighted by Gasteiger charge is -2.04. The lowest BCUT2D eigenvalue weighted by atomic mass is 10.2. The molecule has 1 heterocycles. The molecule has 7 heteroatoms. The molecule has 1 aromatic carbocycles. The Bertz CT molecular complexity index is 627. The number of aryl methyl sites for hydroxylation is 1. The number of carboxylic acid groups (broad SMARTS) is 1. The number of nitrogens with zero attached hydrogens (tertiary/aromatic N) is 3. The van der Waals surface area contributed by atoms with Crippen molar-refractivity contribution in [1.29, 1.82) is 0 Å². The van der Waals surface area contributed by atoms with E-state index < -0.39 is 11.8 Å². The van der Waals surface area contributed by atoms with Crippen LogP contribution in [0.2, 0.25) is 0 Å². The van der Waals surface area contributed by atoms with Crippen molar-refractivity contribution >= 4 is 17.7 Å². The predicted molar refractivity (Wildman–Crippen MR) is 68.7 cm³/mol. The summed E-state index contributed by atoms with van der Waals surface area (Å²) in [6, 6.07) is 4.04. The molecule has 19 heavy (non-hydrogen) atoms. The second-order valence-electron chi connectivity index (χ2n) is 3.96. The molecule has 0 fully saturated rings. The first kappa shape index (κ1) is 13.5. The van der Waals surface area contributed by atoms with Crippen LogP contribution in [0.5, 0.6) is 0 Å². The van der Waals surface area contributed by atoms with Crippen LogP contribution in [0.25, 0.3) is 0 Å². The van der Waals surface area contributed by atoms with Gasteiger partial charge in [0.15, 0.2) is 0 Å². The topological polar surface area (TPSA) is 68.0 Å². The van der Waals surface area contributed by atoms with Crippen molar-refractivity contribution in [1.82, 2.24) is 14.8 Å². The maximum atomic E-state index is 13.2. The summed E-state index contributed by atoms with van der Waals surface area (Å²) < 4.78 is 15.1. The third-order valence-corrected chi connectivity index (χ3v) is 3.71. The van der Waals surface area contributed by atoms with Gasteiger partial charge in [-0.2, -0.15) is 0 Å². The number of aromatic nitrogens is 3. The minimum absolute atomic E-state index is 0.320. The highest BCUT2D eigenvalue weighted by molar-refractivity contribution is 7.98. The quantitative estimate of drug-likeness (QED) is 0.871. The lowest BCUT2D eigenvalue weighted by Crippen LogP contribution is -2.01. The summed E-state index contributed by atoms with van der Waals surface area (Å²) in [6.07, 6.45) is 0. The Balaban J connectivity index is 2.14. The fraction of sp³-hybridized carbons (Fsp3) is 0.250. The zero-order chi connectivity index (χ0) is 14.0. The van der Waals surface area contributed by atoms with Gasteiger partial charge in [0.2, 0.25) is 0 Å². The second-order valence-corrected chi connectivity index (χ2v) is 5.01. The van der Waals surface area contributed by atoms with E-state index in [1.165, 1.54) is 17.8 Å². The van der Waals surface area contributed by atoms with E-state index >= 15 is 0 Å². The molecular formula is C12H12FN3O2S. The van der Waals surface area contributed by atoms with Crippen LogP contribution >= 0.6 is 11.8 Å². The van der Waals surface area contributed by atoms with Gasteiger partial charge in [0, 0.05) is 11.9 Å². The number of benzene rings is 1. The predicted octanol–water partition coefficient (Wildman–Crippen LogP) is 2.25. The molecule has 1 aromatic heterocycles. The summed E-state index contributed by atoms with van der Waals surface area (Å²) in [5, 5.41) is 16.8. The van der Waals surface area contributed by atoms with Crippen LogP contribution < -0.4 is 0 Å². The van der Waals surface area contributed by atoms with Gasteiger partial charge in [0.25, 0.3) is 0 Å². The molecule has 0 aliphatic carbocycles. The Morgan fingerprint density at radius 1 is 1.47 bits per heavy atom. The van der Waals surface area contributed by atoms with Crippen LogP contribution in [0, 0.1) is 12.7 Å². The third kappa shape index (κ3) is 2.93. The van der Waals surface area contributed by atoms with Gasteiger partial charge in [-0.1, -0.05) is 0 Å². The number of carbonyl (C=O) groups is 1. The Labute approximate surface area is 113 Å². The first-order valence-electron chi connectivity index (χ1n) is 5.49. The van der Waals surface area contributed by atoms with Crippen LogP contribution in [0.4, 0.5) is 4.39 Å². The normalized spacial score (nSPS) is 10.7. The van der Waals surface area contributed by atoms with Crippen LogP contribution in [-0.4, -0.2) is 25.8 Å². The van der Waals surface area contributed by atoms with Gasteiger partial charge in [-0.3, -0.25) is 0 Å². The molecule has 100 valence electrons. The molecule has 2 aromatic rings. The van der Waals surface area contributed by atoms with E-state index in [1.807, 2.05) is 18.5 Å². The maximum Gasteiger partial charge on any atom is 0.338 e. The van der Waals surface area contributed by atoms with Gasteiger partial charge >= 0.3 is 5.97 Å². The summed E-state index contributed by atoms with van der Waals surface area (Å²) in [7, 11) is 1.86. The van der Waals surface area contributed by atoms with Gasteiger partial charge in [-0.15, -0.1) is 22.0 Å². The van der Waals surface area contributed by atoms with Crippen LogP contribution in [-0.2, 0) is 12.8 Å². The first-order valence-corrected chi connectivity index (χ1v) is 6.48. The molecule has 0 bridgehead atoms.